The zero-order chi connectivity index (χ0) is 20.2. The highest BCUT2D eigenvalue weighted by atomic mass is 16.5. The van der Waals surface area contributed by atoms with Crippen molar-refractivity contribution >= 4 is 17.9 Å². The van der Waals surface area contributed by atoms with Gasteiger partial charge in [-0.1, -0.05) is 5.16 Å². The largest absolute Gasteiger partial charge is 0.347 e. The summed E-state index contributed by atoms with van der Waals surface area (Å²) in [5, 5.41) is 4.05. The molecule has 0 saturated carbocycles. The van der Waals surface area contributed by atoms with E-state index in [9.17, 15) is 4.79 Å². The first kappa shape index (κ1) is 18.7. The molecule has 148 valence electrons. The Balaban J connectivity index is 1.46. The minimum absolute atomic E-state index is 0.104. The summed E-state index contributed by atoms with van der Waals surface area (Å²) in [4.78, 5) is 33.3. The van der Waals surface area contributed by atoms with Crippen molar-refractivity contribution < 1.29 is 9.32 Å². The first-order valence-corrected chi connectivity index (χ1v) is 9.34. The zero-order valence-electron chi connectivity index (χ0n) is 16.3. The van der Waals surface area contributed by atoms with Gasteiger partial charge in [-0.3, -0.25) is 9.78 Å². The number of amides is 1. The van der Waals surface area contributed by atoms with Gasteiger partial charge in [-0.15, -0.1) is 0 Å². The molecule has 4 rings (SSSR count). The van der Waals surface area contributed by atoms with Gasteiger partial charge in [-0.05, 0) is 31.1 Å². The molecule has 0 bridgehead atoms. The van der Waals surface area contributed by atoms with E-state index >= 15 is 0 Å². The lowest BCUT2D eigenvalue weighted by atomic mass is 10.2. The Bertz CT molecular complexity index is 999. The van der Waals surface area contributed by atoms with E-state index in [-0.39, 0.29) is 11.9 Å². The molecule has 3 aromatic rings. The Morgan fingerprint density at radius 1 is 1.24 bits per heavy atom. The monoisotopic (exact) mass is 391 g/mol. The number of pyridine rings is 1. The third kappa shape index (κ3) is 4.13. The molecule has 1 amide bonds. The number of hydrogen-bond donors (Lipinski definition) is 0. The van der Waals surface area contributed by atoms with Crippen molar-refractivity contribution in [3.63, 3.8) is 0 Å². The molecule has 0 unspecified atom stereocenters. The number of aromatic nitrogens is 5. The maximum absolute atomic E-state index is 12.7. The molecule has 4 heterocycles. The minimum Gasteiger partial charge on any atom is -0.347 e. The molecule has 0 aliphatic carbocycles. The van der Waals surface area contributed by atoms with Crippen LogP contribution in [0.15, 0.2) is 47.5 Å². The molecule has 0 aromatic carbocycles. The van der Waals surface area contributed by atoms with Gasteiger partial charge >= 0.3 is 0 Å². The first-order chi connectivity index (χ1) is 14.1. The average Bonchev–Trinajstić information content (AvgIpc) is 3.42. The fraction of sp³-hybridized carbons (Fsp3) is 0.300. The summed E-state index contributed by atoms with van der Waals surface area (Å²) in [6.07, 6.45) is 11.7. The lowest BCUT2D eigenvalue weighted by Crippen LogP contribution is -2.29. The van der Waals surface area contributed by atoms with Crippen molar-refractivity contribution in [1.82, 2.24) is 30.0 Å². The van der Waals surface area contributed by atoms with E-state index in [2.05, 4.69) is 25.1 Å². The molecule has 1 aliphatic rings. The standard InChI is InChI=1S/C20H21N7O2/c1-26(2)20-22-12-14(13-23-20)5-6-17(28)27-11-3-4-16(27)19-24-18(25-29-19)15-7-9-21-10-8-15/h5-10,12-13,16H,3-4,11H2,1-2H3/b6-5+/t16-/m0/s1. The van der Waals surface area contributed by atoms with Crippen LogP contribution < -0.4 is 4.90 Å². The van der Waals surface area contributed by atoms with E-state index in [0.717, 1.165) is 24.0 Å². The number of likely N-dealkylation sites (tertiary alicyclic amines) is 1. The second-order valence-corrected chi connectivity index (χ2v) is 6.93. The van der Waals surface area contributed by atoms with E-state index in [1.165, 1.54) is 6.08 Å². The molecule has 29 heavy (non-hydrogen) atoms. The number of carbonyl (C=O) groups is 1. The Hall–Kier alpha value is -3.62. The molecular weight excluding hydrogens is 370 g/mol. The van der Waals surface area contributed by atoms with Gasteiger partial charge in [-0.2, -0.15) is 4.98 Å². The van der Waals surface area contributed by atoms with Crippen LogP contribution in [0.25, 0.3) is 17.5 Å². The van der Waals surface area contributed by atoms with Crippen LogP contribution >= 0.6 is 0 Å². The molecule has 9 nitrogen and oxygen atoms in total. The van der Waals surface area contributed by atoms with Gasteiger partial charge in [0.2, 0.25) is 23.6 Å². The lowest BCUT2D eigenvalue weighted by Gasteiger charge is -2.20. The van der Waals surface area contributed by atoms with Gasteiger partial charge in [-0.25, -0.2) is 9.97 Å². The van der Waals surface area contributed by atoms with Crippen LogP contribution in [-0.2, 0) is 4.79 Å². The Morgan fingerprint density at radius 2 is 2.00 bits per heavy atom. The fourth-order valence-corrected chi connectivity index (χ4v) is 3.19. The predicted molar refractivity (Wildman–Crippen MR) is 107 cm³/mol. The molecule has 0 spiro atoms. The quantitative estimate of drug-likeness (QED) is 0.611. The number of carbonyl (C=O) groups excluding carboxylic acids is 1. The van der Waals surface area contributed by atoms with Crippen molar-refractivity contribution in [2.45, 2.75) is 18.9 Å². The van der Waals surface area contributed by atoms with E-state index in [1.807, 2.05) is 31.1 Å². The van der Waals surface area contributed by atoms with E-state index in [1.54, 1.807) is 35.8 Å². The van der Waals surface area contributed by atoms with Crippen LogP contribution in [0, 0.1) is 0 Å². The smallest absolute Gasteiger partial charge is 0.249 e. The molecule has 3 aromatic heterocycles. The van der Waals surface area contributed by atoms with Gasteiger partial charge < -0.3 is 14.3 Å². The Labute approximate surface area is 168 Å². The summed E-state index contributed by atoms with van der Waals surface area (Å²) in [6, 6.07) is 3.42. The summed E-state index contributed by atoms with van der Waals surface area (Å²) in [5.41, 5.74) is 1.59. The molecule has 9 heteroatoms. The van der Waals surface area contributed by atoms with Crippen molar-refractivity contribution in [1.29, 1.82) is 0 Å². The Morgan fingerprint density at radius 3 is 2.72 bits per heavy atom. The number of rotatable bonds is 5. The van der Waals surface area contributed by atoms with Crippen LogP contribution in [0.5, 0.6) is 0 Å². The Kier molecular flexibility index (Phi) is 5.28. The second kappa shape index (κ2) is 8.17. The highest BCUT2D eigenvalue weighted by molar-refractivity contribution is 5.92. The van der Waals surface area contributed by atoms with E-state index < -0.39 is 0 Å². The fourth-order valence-electron chi connectivity index (χ4n) is 3.19. The highest BCUT2D eigenvalue weighted by Crippen LogP contribution is 2.32. The first-order valence-electron chi connectivity index (χ1n) is 9.34. The van der Waals surface area contributed by atoms with Gasteiger partial charge in [0.1, 0.15) is 6.04 Å². The zero-order valence-corrected chi connectivity index (χ0v) is 16.3. The summed E-state index contributed by atoms with van der Waals surface area (Å²) in [5.74, 6) is 1.47. The summed E-state index contributed by atoms with van der Waals surface area (Å²) < 4.78 is 5.46. The predicted octanol–water partition coefficient (Wildman–Crippen LogP) is 2.36. The number of nitrogens with zero attached hydrogens (tertiary/aromatic N) is 7. The highest BCUT2D eigenvalue weighted by Gasteiger charge is 2.33. The minimum atomic E-state index is -0.220. The van der Waals surface area contributed by atoms with Gasteiger partial charge in [0, 0.05) is 62.6 Å². The summed E-state index contributed by atoms with van der Waals surface area (Å²) >= 11 is 0. The number of hydrogen-bond acceptors (Lipinski definition) is 8. The van der Waals surface area contributed by atoms with Gasteiger partial charge in [0.15, 0.2) is 0 Å². The topological polar surface area (TPSA) is 101 Å². The van der Waals surface area contributed by atoms with Gasteiger partial charge in [0.05, 0.1) is 0 Å². The van der Waals surface area contributed by atoms with Crippen LogP contribution in [0.3, 0.4) is 0 Å². The van der Waals surface area contributed by atoms with Crippen LogP contribution in [0.4, 0.5) is 5.95 Å². The molecule has 1 saturated heterocycles. The maximum atomic E-state index is 12.7. The maximum Gasteiger partial charge on any atom is 0.249 e. The van der Waals surface area contributed by atoms with Crippen LogP contribution in [0.1, 0.15) is 30.3 Å². The molecule has 1 aliphatic heterocycles. The van der Waals surface area contributed by atoms with Crippen molar-refractivity contribution in [3.8, 4) is 11.4 Å². The average molecular weight is 391 g/mol. The molecule has 0 radical (unpaired) electrons. The molecule has 0 N–H and O–H groups in total. The number of anilines is 1. The summed E-state index contributed by atoms with van der Waals surface area (Å²) in [7, 11) is 3.75. The summed E-state index contributed by atoms with van der Waals surface area (Å²) in [6.45, 7) is 0.650. The third-order valence-corrected chi connectivity index (χ3v) is 4.68. The van der Waals surface area contributed by atoms with Crippen LogP contribution in [-0.4, -0.2) is 56.5 Å². The van der Waals surface area contributed by atoms with Crippen molar-refractivity contribution in [2.24, 2.45) is 0 Å². The SMILES string of the molecule is CN(C)c1ncc(/C=C/C(=O)N2CCC[C@H]2c2nc(-c3ccncc3)no2)cn1. The third-order valence-electron chi connectivity index (χ3n) is 4.68. The molecule has 1 atom stereocenters. The second-order valence-electron chi connectivity index (χ2n) is 6.93. The van der Waals surface area contributed by atoms with Crippen molar-refractivity contribution in [2.75, 3.05) is 25.5 Å². The van der Waals surface area contributed by atoms with E-state index in [4.69, 9.17) is 4.52 Å². The lowest BCUT2D eigenvalue weighted by molar-refractivity contribution is -0.127. The molecule has 1 fully saturated rings. The van der Waals surface area contributed by atoms with Crippen molar-refractivity contribution in [3.05, 3.63) is 54.5 Å². The van der Waals surface area contributed by atoms with E-state index in [0.29, 0.717) is 24.2 Å². The molecular formula is C20H21N7O2. The van der Waals surface area contributed by atoms with Gasteiger partial charge in [0.25, 0.3) is 0 Å². The van der Waals surface area contributed by atoms with Crippen LogP contribution in [0.2, 0.25) is 0 Å². The normalized spacial score (nSPS) is 16.5.